The topological polar surface area (TPSA) is 75.4 Å². The summed E-state index contributed by atoms with van der Waals surface area (Å²) in [7, 11) is 0. The lowest BCUT2D eigenvalue weighted by atomic mass is 10.0. The molecule has 21 heavy (non-hydrogen) atoms. The van der Waals surface area contributed by atoms with Gasteiger partial charge in [0.2, 0.25) is 0 Å². The van der Waals surface area contributed by atoms with E-state index in [9.17, 15) is 19.6 Å². The van der Waals surface area contributed by atoms with Gasteiger partial charge in [-0.05, 0) is 24.6 Å². The van der Waals surface area contributed by atoms with Crippen molar-refractivity contribution in [2.75, 3.05) is 5.32 Å². The summed E-state index contributed by atoms with van der Waals surface area (Å²) in [6.07, 6.45) is 0.555. The maximum atomic E-state index is 13.8. The summed E-state index contributed by atoms with van der Waals surface area (Å²) in [6.45, 7) is 1.86. The van der Waals surface area contributed by atoms with Gasteiger partial charge in [-0.2, -0.15) is 0 Å². The molecule has 0 aliphatic carbocycles. The molecule has 0 aliphatic rings. The first kappa shape index (κ1) is 14.8. The molecule has 110 valence electrons. The van der Waals surface area contributed by atoms with Gasteiger partial charge in [0.1, 0.15) is 17.3 Å². The van der Waals surface area contributed by atoms with Crippen LogP contribution in [0.25, 0.3) is 0 Å². The normalized spacial score (nSPS) is 11.9. The van der Waals surface area contributed by atoms with Crippen molar-refractivity contribution >= 4 is 11.4 Å². The molecule has 0 saturated heterocycles. The minimum absolute atomic E-state index is 0.189. The molecule has 1 atom stereocenters. The molecule has 2 aromatic rings. The first-order valence-electron chi connectivity index (χ1n) is 6.51. The van der Waals surface area contributed by atoms with E-state index in [-0.39, 0.29) is 22.9 Å². The number of phenols is 1. The van der Waals surface area contributed by atoms with Crippen LogP contribution < -0.4 is 5.32 Å². The third-order valence-corrected chi connectivity index (χ3v) is 3.20. The van der Waals surface area contributed by atoms with Gasteiger partial charge < -0.3 is 10.4 Å². The van der Waals surface area contributed by atoms with Crippen LogP contribution in [0, 0.1) is 15.9 Å². The molecule has 5 nitrogen and oxygen atoms in total. The average molecular weight is 290 g/mol. The number of anilines is 1. The van der Waals surface area contributed by atoms with Crippen molar-refractivity contribution in [1.29, 1.82) is 0 Å². The number of nitrogens with zero attached hydrogens (tertiary/aromatic N) is 1. The molecule has 1 unspecified atom stereocenters. The Kier molecular flexibility index (Phi) is 4.37. The van der Waals surface area contributed by atoms with Gasteiger partial charge in [-0.1, -0.05) is 25.1 Å². The summed E-state index contributed by atoms with van der Waals surface area (Å²) in [5, 5.41) is 23.3. The molecular formula is C15H15FN2O3. The fraction of sp³-hybridized carbons (Fsp3) is 0.200. The van der Waals surface area contributed by atoms with Crippen molar-refractivity contribution in [1.82, 2.24) is 0 Å². The second-order valence-electron chi connectivity index (χ2n) is 4.59. The molecule has 0 fully saturated rings. The standard InChI is InChI=1S/C15H15FN2O3/c1-2-13(11-5-3-4-6-12(11)16)17-14-8-7-10(19)9-15(14)18(20)21/h3-9,13,17,19H,2H2,1H3. The molecule has 0 aliphatic heterocycles. The van der Waals surface area contributed by atoms with Gasteiger partial charge in [-0.25, -0.2) is 4.39 Å². The highest BCUT2D eigenvalue weighted by atomic mass is 19.1. The summed E-state index contributed by atoms with van der Waals surface area (Å²) in [5.41, 5.74) is 0.445. The van der Waals surface area contributed by atoms with Crippen LogP contribution in [0.5, 0.6) is 5.75 Å². The second-order valence-corrected chi connectivity index (χ2v) is 4.59. The quantitative estimate of drug-likeness (QED) is 0.495. The molecule has 0 amide bonds. The highest BCUT2D eigenvalue weighted by Gasteiger charge is 2.19. The van der Waals surface area contributed by atoms with Crippen LogP contribution in [0.2, 0.25) is 0 Å². The fourth-order valence-corrected chi connectivity index (χ4v) is 2.14. The highest BCUT2D eigenvalue weighted by Crippen LogP contribution is 2.32. The lowest BCUT2D eigenvalue weighted by Gasteiger charge is -2.19. The Labute approximate surface area is 121 Å². The Morgan fingerprint density at radius 3 is 2.67 bits per heavy atom. The van der Waals surface area contributed by atoms with E-state index in [0.29, 0.717) is 12.0 Å². The first-order chi connectivity index (χ1) is 10.0. The van der Waals surface area contributed by atoms with Crippen LogP contribution in [0.15, 0.2) is 42.5 Å². The van der Waals surface area contributed by atoms with Crippen LogP contribution in [-0.4, -0.2) is 10.0 Å². The average Bonchev–Trinajstić information content (AvgIpc) is 2.46. The number of phenolic OH excluding ortho intramolecular Hbond substituents is 1. The van der Waals surface area contributed by atoms with E-state index in [2.05, 4.69) is 5.32 Å². The third kappa shape index (κ3) is 3.28. The molecule has 0 spiro atoms. The van der Waals surface area contributed by atoms with Crippen molar-refractivity contribution in [2.24, 2.45) is 0 Å². The molecule has 0 radical (unpaired) electrons. The van der Waals surface area contributed by atoms with E-state index < -0.39 is 11.0 Å². The Morgan fingerprint density at radius 2 is 2.05 bits per heavy atom. The van der Waals surface area contributed by atoms with E-state index in [1.165, 1.54) is 18.2 Å². The summed E-state index contributed by atoms with van der Waals surface area (Å²) in [5.74, 6) is -0.551. The summed E-state index contributed by atoms with van der Waals surface area (Å²) < 4.78 is 13.8. The Hall–Kier alpha value is -2.63. The van der Waals surface area contributed by atoms with Crippen molar-refractivity contribution in [3.05, 3.63) is 64.0 Å². The number of nitro groups is 1. The summed E-state index contributed by atoms with van der Waals surface area (Å²) in [4.78, 5) is 10.4. The van der Waals surface area contributed by atoms with Crippen molar-refractivity contribution in [2.45, 2.75) is 19.4 Å². The van der Waals surface area contributed by atoms with E-state index >= 15 is 0 Å². The van der Waals surface area contributed by atoms with Crippen molar-refractivity contribution in [3.63, 3.8) is 0 Å². The zero-order chi connectivity index (χ0) is 15.4. The molecule has 2 N–H and O–H groups in total. The van der Waals surface area contributed by atoms with Crippen LogP contribution in [0.1, 0.15) is 24.9 Å². The predicted molar refractivity (Wildman–Crippen MR) is 77.8 cm³/mol. The lowest BCUT2D eigenvalue weighted by Crippen LogP contribution is -2.12. The Morgan fingerprint density at radius 1 is 1.33 bits per heavy atom. The van der Waals surface area contributed by atoms with Crippen molar-refractivity contribution in [3.8, 4) is 5.75 Å². The van der Waals surface area contributed by atoms with Crippen LogP contribution >= 0.6 is 0 Å². The van der Waals surface area contributed by atoms with Gasteiger partial charge in [-0.3, -0.25) is 10.1 Å². The molecule has 2 rings (SSSR count). The van der Waals surface area contributed by atoms with E-state index in [1.807, 2.05) is 6.92 Å². The maximum absolute atomic E-state index is 13.8. The largest absolute Gasteiger partial charge is 0.508 e. The molecule has 0 bridgehead atoms. The van der Waals surface area contributed by atoms with Gasteiger partial charge >= 0.3 is 0 Å². The number of nitro benzene ring substituents is 1. The minimum atomic E-state index is -0.587. The number of nitrogens with one attached hydrogen (secondary N) is 1. The highest BCUT2D eigenvalue weighted by molar-refractivity contribution is 5.64. The van der Waals surface area contributed by atoms with Gasteiger partial charge in [0.25, 0.3) is 5.69 Å². The molecule has 6 heteroatoms. The third-order valence-electron chi connectivity index (χ3n) is 3.20. The number of hydrogen-bond acceptors (Lipinski definition) is 4. The number of aromatic hydroxyl groups is 1. The number of halogens is 1. The first-order valence-corrected chi connectivity index (χ1v) is 6.51. The van der Waals surface area contributed by atoms with Gasteiger partial charge in [0, 0.05) is 5.56 Å². The molecule has 2 aromatic carbocycles. The van der Waals surface area contributed by atoms with Gasteiger partial charge in [0.15, 0.2) is 0 Å². The van der Waals surface area contributed by atoms with Crippen molar-refractivity contribution < 1.29 is 14.4 Å². The molecule has 0 aromatic heterocycles. The zero-order valence-electron chi connectivity index (χ0n) is 11.4. The molecule has 0 heterocycles. The second kappa shape index (κ2) is 6.21. The van der Waals surface area contributed by atoms with Crippen LogP contribution in [0.4, 0.5) is 15.8 Å². The maximum Gasteiger partial charge on any atom is 0.296 e. The number of benzene rings is 2. The van der Waals surface area contributed by atoms with Crippen LogP contribution in [-0.2, 0) is 0 Å². The Balaban J connectivity index is 2.36. The minimum Gasteiger partial charge on any atom is -0.508 e. The lowest BCUT2D eigenvalue weighted by molar-refractivity contribution is -0.384. The molecule has 0 saturated carbocycles. The van der Waals surface area contributed by atoms with Crippen LogP contribution in [0.3, 0.4) is 0 Å². The van der Waals surface area contributed by atoms with Gasteiger partial charge in [-0.15, -0.1) is 0 Å². The summed E-state index contributed by atoms with van der Waals surface area (Å²) >= 11 is 0. The number of rotatable bonds is 5. The van der Waals surface area contributed by atoms with Gasteiger partial charge in [0.05, 0.1) is 17.0 Å². The Bertz CT molecular complexity index is 661. The fourth-order valence-electron chi connectivity index (χ4n) is 2.14. The SMILES string of the molecule is CCC(Nc1ccc(O)cc1[N+](=O)[O-])c1ccccc1F. The summed E-state index contributed by atoms with van der Waals surface area (Å²) in [6, 6.07) is 9.74. The smallest absolute Gasteiger partial charge is 0.296 e. The van der Waals surface area contributed by atoms with E-state index in [0.717, 1.165) is 6.07 Å². The molecular weight excluding hydrogens is 275 g/mol. The van der Waals surface area contributed by atoms with E-state index in [4.69, 9.17) is 0 Å². The number of hydrogen-bond donors (Lipinski definition) is 2. The van der Waals surface area contributed by atoms with E-state index in [1.54, 1.807) is 18.2 Å². The predicted octanol–water partition coefficient (Wildman–Crippen LogP) is 4.00. The monoisotopic (exact) mass is 290 g/mol. The zero-order valence-corrected chi connectivity index (χ0v) is 11.4.